The molecule has 0 saturated heterocycles. The zero-order valence-electron chi connectivity index (χ0n) is 62.5. The largest absolute Gasteiger partial charge is 0.391 e. The number of rotatable bonds is 30. The third-order valence-electron chi connectivity index (χ3n) is 11.6. The topological polar surface area (TPSA) is 326 Å². The minimum atomic E-state index is -1.45. The number of aliphatic imine (C=N–C) groups is 10. The summed E-state index contributed by atoms with van der Waals surface area (Å²) in [5.41, 5.74) is -0.776. The fourth-order valence-electron chi connectivity index (χ4n) is 5.67. The van der Waals surface area contributed by atoms with Gasteiger partial charge >= 0.3 is 0 Å². The minimum absolute atomic E-state index is 0. The Hall–Kier alpha value is 1.50. The zero-order chi connectivity index (χ0) is 69.4. The summed E-state index contributed by atoms with van der Waals surface area (Å²) in [6.07, 6.45) is 17.0. The van der Waals surface area contributed by atoms with Crippen molar-refractivity contribution in [2.24, 2.45) is 49.9 Å². The van der Waals surface area contributed by atoms with Gasteiger partial charge in [-0.3, -0.25) is 49.9 Å². The van der Waals surface area contributed by atoms with E-state index in [0.29, 0.717) is 18.6 Å². The number of hydrogen-bond donors (Lipinski definition) is 10. The van der Waals surface area contributed by atoms with Gasteiger partial charge in [0.05, 0.1) is 72.9 Å². The average molecular weight is 1870 g/mol. The molecule has 0 rings (SSSR count). The van der Waals surface area contributed by atoms with E-state index in [9.17, 15) is 15.3 Å². The molecule has 8 atom stereocenters. The second-order valence-corrected chi connectivity index (χ2v) is 36.6. The van der Waals surface area contributed by atoms with Gasteiger partial charge in [-0.25, -0.2) is 0 Å². The van der Waals surface area contributed by atoms with E-state index in [4.69, 9.17) is 35.7 Å². The molecule has 96 heavy (non-hydrogen) atoms. The van der Waals surface area contributed by atoms with Gasteiger partial charge in [0.25, 0.3) is 0 Å². The second-order valence-electron chi connectivity index (χ2n) is 20.4. The van der Waals surface area contributed by atoms with Crippen LogP contribution in [0.5, 0.6) is 0 Å². The maximum absolute atomic E-state index is 10.0. The van der Waals surface area contributed by atoms with Crippen LogP contribution in [0.4, 0.5) is 0 Å². The monoisotopic (exact) mass is 1870 g/mol. The normalized spacial score (nSPS) is 13.0. The molecule has 0 bridgehead atoms. The van der Waals surface area contributed by atoms with Crippen molar-refractivity contribution in [3.63, 3.8) is 0 Å². The maximum atomic E-state index is 10.0. The molecule has 602 valence electrons. The van der Waals surface area contributed by atoms with E-state index in [1.807, 2.05) is 76.2 Å². The van der Waals surface area contributed by atoms with Gasteiger partial charge in [0, 0.05) is 295 Å². The molecule has 0 saturated carbocycles. The molecule has 33 heteroatoms. The van der Waals surface area contributed by atoms with Crippen molar-refractivity contribution < 1.29 is 219 Å². The van der Waals surface area contributed by atoms with Crippen LogP contribution in [-0.4, -0.2) is 264 Å². The SMILES string of the molecule is C=CC(O)C=NC.C=CC(O)C=NCC.CC(C)N=CCO.CC(O)C=NC(C)C.CCN=CC(C)O.CCN=CC(O)CC.CCN=CC(O)[Si](C)(C)C.CCN=CC(O)[Si](CC)(CC)CC.CCN=CCO.CC[Si](CC)(CC)C(O)C=NC.[Co].[Co].[Co].[Co].[Co].[Co].[Co].[Co].[Co].[Co]. The summed E-state index contributed by atoms with van der Waals surface area (Å²) in [5.74, 6) is 0. The zero-order valence-corrected chi connectivity index (χ0v) is 75.9. The van der Waals surface area contributed by atoms with Crippen LogP contribution < -0.4 is 0 Å². The van der Waals surface area contributed by atoms with Crippen LogP contribution in [-0.2, 0) is 168 Å². The molecular formula is C63H138Co10N10O10Si3. The van der Waals surface area contributed by atoms with Gasteiger partial charge in [-0.2, -0.15) is 0 Å². The fourth-order valence-corrected chi connectivity index (χ4v) is 12.6. The molecule has 0 spiro atoms. The first-order valence-corrected chi connectivity index (χ1v) is 40.1. The summed E-state index contributed by atoms with van der Waals surface area (Å²) >= 11 is 0. The van der Waals surface area contributed by atoms with E-state index in [0.717, 1.165) is 75.4 Å². The van der Waals surface area contributed by atoms with Gasteiger partial charge in [0.15, 0.2) is 0 Å². The summed E-state index contributed by atoms with van der Waals surface area (Å²) < 4.78 is 0. The Bertz CT molecular complexity index is 1670. The molecule has 10 radical (unpaired) electrons. The van der Waals surface area contributed by atoms with Crippen LogP contribution in [0.25, 0.3) is 0 Å². The smallest absolute Gasteiger partial charge is 0.107 e. The van der Waals surface area contributed by atoms with E-state index < -0.39 is 42.5 Å². The van der Waals surface area contributed by atoms with Gasteiger partial charge < -0.3 is 51.1 Å². The molecule has 0 aliphatic carbocycles. The van der Waals surface area contributed by atoms with Gasteiger partial charge in [0.2, 0.25) is 0 Å². The molecule has 10 N–H and O–H groups in total. The van der Waals surface area contributed by atoms with Crippen molar-refractivity contribution in [2.75, 3.05) is 66.6 Å². The molecule has 0 aliphatic heterocycles. The van der Waals surface area contributed by atoms with E-state index in [1.165, 1.54) is 43.2 Å². The maximum Gasteiger partial charge on any atom is 0.107 e. The standard InChI is InChI=1S/C10H23NOSi.C9H21NOSi.C7H17NOSi.2C6H13NO.C6H11NO.C5H11NO.C5H9NO.C5H11NO.C4H9NO.10Co/c1-5-11-9-10(12)13(6-2,7-3)8-4;1-5-12(6-2,7-3)9(11)8-10-4;1-5-8-6-7(9)10(2,3)4;1-5(2)7-4-6(3)8;2*1-3-6(8)5-7-4-2;1-5(2)6-3-4-7;1-3-5(7)4-6-2;1-3-6-4-5(2)7;1-2-5-3-4-6;;;;;;;;;;/h9-10,12H,5-8H2,1-4H3;8-9,11H,5-7H2,1-4H3;6-7,9H,5H2,1-4H3;4-6,8H,1-3H3;5-6,8H,3-4H2,1-2H3;3,5-6,8H,1,4H2,2H3;3,5,7H,4H2,1-2H3;3-5,7H,1H2,2H3;4-5,7H,3H2,1-2H3;3,6H,2,4H2,1H3;;;;;;;;;;. The van der Waals surface area contributed by atoms with Crippen molar-refractivity contribution in [1.82, 2.24) is 0 Å². The molecule has 0 aromatic heterocycles. The van der Waals surface area contributed by atoms with E-state index >= 15 is 0 Å². The third-order valence-corrected chi connectivity index (χ3v) is 24.8. The van der Waals surface area contributed by atoms with Crippen LogP contribution in [0, 0.1) is 0 Å². The molecule has 0 heterocycles. The Morgan fingerprint density at radius 1 is 0.344 bits per heavy atom. The van der Waals surface area contributed by atoms with Crippen LogP contribution in [0.1, 0.15) is 138 Å². The van der Waals surface area contributed by atoms with Crippen LogP contribution in [0.2, 0.25) is 55.9 Å². The second kappa shape index (κ2) is 118. The molecule has 0 aliphatic rings. The van der Waals surface area contributed by atoms with Crippen molar-refractivity contribution in [1.29, 1.82) is 0 Å². The molecule has 0 aromatic rings. The quantitative estimate of drug-likeness (QED) is 0.0184. The number of aliphatic hydroxyl groups is 10. The molecule has 20 nitrogen and oxygen atoms in total. The number of hydrogen-bond acceptors (Lipinski definition) is 20. The van der Waals surface area contributed by atoms with E-state index in [2.05, 4.69) is 124 Å². The fraction of sp³-hybridized carbons (Fsp3) is 0.778. The molecule has 0 amide bonds. The Morgan fingerprint density at radius 3 is 0.823 bits per heavy atom. The van der Waals surface area contributed by atoms with Crippen LogP contribution in [0.15, 0.2) is 75.2 Å². The molecule has 0 fully saturated rings. The summed E-state index contributed by atoms with van der Waals surface area (Å²) in [5, 5.41) is 88.9. The Labute approximate surface area is 693 Å². The first-order chi connectivity index (χ1) is 40.3. The summed E-state index contributed by atoms with van der Waals surface area (Å²) in [6.45, 7) is 55.7. The van der Waals surface area contributed by atoms with Gasteiger partial charge in [0.1, 0.15) is 12.2 Å². The van der Waals surface area contributed by atoms with E-state index in [1.54, 1.807) is 59.0 Å². The average Bonchev–Trinajstić information content (AvgIpc) is 0.936. The summed E-state index contributed by atoms with van der Waals surface area (Å²) in [7, 11) is -0.949. The van der Waals surface area contributed by atoms with Gasteiger partial charge in [-0.1, -0.05) is 117 Å². The van der Waals surface area contributed by atoms with Crippen LogP contribution in [0.3, 0.4) is 0 Å². The number of nitrogens with zero attached hydrogens (tertiary/aromatic N) is 10. The predicted molar refractivity (Wildman–Crippen MR) is 392 cm³/mol. The molecule has 8 unspecified atom stereocenters. The van der Waals surface area contributed by atoms with Crippen molar-refractivity contribution in [3.8, 4) is 0 Å². The van der Waals surface area contributed by atoms with E-state index in [-0.39, 0.29) is 210 Å². The Balaban J connectivity index is -0.0000000370. The minimum Gasteiger partial charge on any atom is -0.391 e. The first kappa shape index (κ1) is 151. The van der Waals surface area contributed by atoms with Crippen molar-refractivity contribution in [3.05, 3.63) is 25.3 Å². The third kappa shape index (κ3) is 128. The summed E-state index contributed by atoms with van der Waals surface area (Å²) in [6, 6.07) is 7.50. The summed E-state index contributed by atoms with van der Waals surface area (Å²) in [4.78, 5) is 38.6. The molecular weight excluding hydrogens is 1730 g/mol. The van der Waals surface area contributed by atoms with Gasteiger partial charge in [-0.05, 0) is 89.5 Å². The molecule has 0 aromatic carbocycles. The van der Waals surface area contributed by atoms with Crippen LogP contribution >= 0.6 is 0 Å². The number of aliphatic hydroxyl groups excluding tert-OH is 10. The Kier molecular flexibility index (Phi) is 185. The predicted octanol–water partition coefficient (Wildman–Crippen LogP) is 9.41. The van der Waals surface area contributed by atoms with Crippen molar-refractivity contribution >= 4 is 86.4 Å². The first-order valence-electron chi connectivity index (χ1n) is 31.1. The Morgan fingerprint density at radius 2 is 0.625 bits per heavy atom. The van der Waals surface area contributed by atoms with Crippen molar-refractivity contribution in [2.45, 2.75) is 254 Å². The van der Waals surface area contributed by atoms with Gasteiger partial charge in [-0.15, -0.1) is 13.2 Å².